The number of terminal acetylenes is 1. The molecule has 0 radical (unpaired) electrons. The number of fused-ring (bicyclic) bond motifs is 2. The van der Waals surface area contributed by atoms with E-state index in [2.05, 4.69) is 38.1 Å². The maximum absolute atomic E-state index is 5.54. The number of rotatable bonds is 0. The van der Waals surface area contributed by atoms with E-state index in [0.29, 0.717) is 0 Å². The van der Waals surface area contributed by atoms with Crippen LogP contribution in [0, 0.1) is 12.3 Å². The molecule has 15 heavy (non-hydrogen) atoms. The fourth-order valence-corrected chi connectivity index (χ4v) is 3.16. The van der Waals surface area contributed by atoms with Gasteiger partial charge >= 0.3 is 0 Å². The van der Waals surface area contributed by atoms with Crippen LogP contribution in [0.25, 0.3) is 10.9 Å². The third-order valence-corrected chi connectivity index (χ3v) is 3.91. The van der Waals surface area contributed by atoms with Crippen molar-refractivity contribution >= 4 is 26.8 Å². The Bertz CT molecular complexity index is 577. The number of aryl methyl sites for hydroxylation is 1. The van der Waals surface area contributed by atoms with Crippen molar-refractivity contribution in [2.24, 2.45) is 0 Å². The molecule has 1 aliphatic carbocycles. The lowest BCUT2D eigenvalue weighted by molar-refractivity contribution is 0.835. The first kappa shape index (κ1) is 8.99. The largest absolute Gasteiger partial charge is 0.278 e. The first-order valence-electron chi connectivity index (χ1n) is 4.91. The summed E-state index contributed by atoms with van der Waals surface area (Å²) in [7, 11) is 0. The van der Waals surface area contributed by atoms with Gasteiger partial charge in [0.25, 0.3) is 0 Å². The Kier molecular flexibility index (Phi) is 1.86. The van der Waals surface area contributed by atoms with E-state index in [0.717, 1.165) is 28.2 Å². The molecule has 1 aromatic carbocycles. The van der Waals surface area contributed by atoms with Crippen molar-refractivity contribution in [2.45, 2.75) is 18.8 Å². The molecular formula is C12H9BrN2. The van der Waals surface area contributed by atoms with Gasteiger partial charge < -0.3 is 0 Å². The summed E-state index contributed by atoms with van der Waals surface area (Å²) in [6.45, 7) is 0. The molecule has 0 fully saturated rings. The maximum Gasteiger partial charge on any atom is 0.0664 e. The molecule has 1 aliphatic rings. The summed E-state index contributed by atoms with van der Waals surface area (Å²) in [4.78, 5) is 0. The fraction of sp³-hybridized carbons (Fsp3) is 0.250. The van der Waals surface area contributed by atoms with Gasteiger partial charge in [-0.1, -0.05) is 5.92 Å². The Morgan fingerprint density at radius 1 is 1.60 bits per heavy atom. The summed E-state index contributed by atoms with van der Waals surface area (Å²) < 4.78 is 1.12. The van der Waals surface area contributed by atoms with Crippen LogP contribution in [0.2, 0.25) is 0 Å². The zero-order chi connectivity index (χ0) is 10.4. The second-order valence-corrected chi connectivity index (χ2v) is 4.65. The number of nitrogens with one attached hydrogen (secondary N) is 1. The predicted octanol–water partition coefficient (Wildman–Crippen LogP) is 2.99. The Labute approximate surface area is 96.2 Å². The van der Waals surface area contributed by atoms with E-state index in [1.54, 1.807) is 0 Å². The van der Waals surface area contributed by atoms with Crippen molar-refractivity contribution < 1.29 is 0 Å². The summed E-state index contributed by atoms with van der Waals surface area (Å²) in [5, 5.41) is 8.16. The molecule has 74 valence electrons. The van der Waals surface area contributed by atoms with Crippen LogP contribution in [0.15, 0.2) is 16.7 Å². The highest BCUT2D eigenvalue weighted by Crippen LogP contribution is 2.41. The maximum atomic E-state index is 5.54. The minimum absolute atomic E-state index is 0.258. The van der Waals surface area contributed by atoms with Crippen LogP contribution in [0.5, 0.6) is 0 Å². The summed E-state index contributed by atoms with van der Waals surface area (Å²) in [6, 6.07) is 2.17. The van der Waals surface area contributed by atoms with Gasteiger partial charge in [-0.2, -0.15) is 5.10 Å². The molecule has 1 heterocycles. The van der Waals surface area contributed by atoms with Crippen LogP contribution in [0.4, 0.5) is 0 Å². The lowest BCUT2D eigenvalue weighted by atomic mass is 10.0. The Morgan fingerprint density at radius 3 is 3.27 bits per heavy atom. The Balaban J connectivity index is 2.38. The number of H-pyrrole nitrogens is 1. The normalized spacial score (nSPS) is 19.1. The average Bonchev–Trinajstić information content (AvgIpc) is 2.83. The SMILES string of the molecule is C#CC1CCc2cc3[nH]ncc3c(Br)c21. The van der Waals surface area contributed by atoms with Gasteiger partial charge in [-0.15, -0.1) is 6.42 Å². The lowest BCUT2D eigenvalue weighted by Crippen LogP contribution is -1.91. The van der Waals surface area contributed by atoms with Crippen molar-refractivity contribution in [3.8, 4) is 12.3 Å². The molecule has 0 spiro atoms. The minimum atomic E-state index is 0.258. The minimum Gasteiger partial charge on any atom is -0.278 e. The molecule has 2 aromatic rings. The third-order valence-electron chi connectivity index (χ3n) is 3.06. The first-order chi connectivity index (χ1) is 7.31. The second-order valence-electron chi connectivity index (χ2n) is 3.85. The smallest absolute Gasteiger partial charge is 0.0664 e. The molecular weight excluding hydrogens is 252 g/mol. The predicted molar refractivity (Wildman–Crippen MR) is 63.7 cm³/mol. The number of hydrogen-bond donors (Lipinski definition) is 1. The molecule has 1 unspecified atom stereocenters. The molecule has 0 saturated heterocycles. The summed E-state index contributed by atoms with van der Waals surface area (Å²) >= 11 is 3.64. The molecule has 0 aliphatic heterocycles. The van der Waals surface area contributed by atoms with Crippen LogP contribution in [-0.2, 0) is 6.42 Å². The van der Waals surface area contributed by atoms with Crippen LogP contribution in [-0.4, -0.2) is 10.2 Å². The van der Waals surface area contributed by atoms with Crippen LogP contribution in [0.3, 0.4) is 0 Å². The van der Waals surface area contributed by atoms with E-state index in [1.807, 2.05) is 6.20 Å². The zero-order valence-electron chi connectivity index (χ0n) is 8.05. The Hall–Kier alpha value is -1.27. The molecule has 3 rings (SSSR count). The third kappa shape index (κ3) is 1.15. The second kappa shape index (κ2) is 3.11. The summed E-state index contributed by atoms with van der Waals surface area (Å²) in [5.41, 5.74) is 3.71. The highest BCUT2D eigenvalue weighted by molar-refractivity contribution is 9.10. The van der Waals surface area contributed by atoms with Gasteiger partial charge in [0.1, 0.15) is 0 Å². The summed E-state index contributed by atoms with van der Waals surface area (Å²) in [6.07, 6.45) is 9.51. The van der Waals surface area contributed by atoms with E-state index < -0.39 is 0 Å². The van der Waals surface area contributed by atoms with Crippen LogP contribution < -0.4 is 0 Å². The van der Waals surface area contributed by atoms with E-state index in [9.17, 15) is 0 Å². The number of aromatic nitrogens is 2. The lowest BCUT2D eigenvalue weighted by Gasteiger charge is -2.07. The number of hydrogen-bond acceptors (Lipinski definition) is 1. The fourth-order valence-electron chi connectivity index (χ4n) is 2.31. The van der Waals surface area contributed by atoms with Crippen molar-refractivity contribution in [1.82, 2.24) is 10.2 Å². The molecule has 1 aromatic heterocycles. The molecule has 1 N–H and O–H groups in total. The number of aromatic amines is 1. The monoisotopic (exact) mass is 260 g/mol. The Morgan fingerprint density at radius 2 is 2.47 bits per heavy atom. The van der Waals surface area contributed by atoms with Gasteiger partial charge in [0.05, 0.1) is 11.7 Å². The molecule has 0 amide bonds. The van der Waals surface area contributed by atoms with Crippen molar-refractivity contribution in [2.75, 3.05) is 0 Å². The number of benzene rings is 1. The zero-order valence-corrected chi connectivity index (χ0v) is 9.63. The van der Waals surface area contributed by atoms with Crippen molar-refractivity contribution in [3.63, 3.8) is 0 Å². The highest BCUT2D eigenvalue weighted by Gasteiger charge is 2.25. The van der Waals surface area contributed by atoms with Gasteiger partial charge in [0.2, 0.25) is 0 Å². The summed E-state index contributed by atoms with van der Waals surface area (Å²) in [5.74, 6) is 3.12. The molecule has 0 bridgehead atoms. The number of nitrogens with zero attached hydrogens (tertiary/aromatic N) is 1. The van der Waals surface area contributed by atoms with Crippen LogP contribution in [0.1, 0.15) is 23.5 Å². The average molecular weight is 261 g/mol. The molecule has 0 saturated carbocycles. The van der Waals surface area contributed by atoms with Crippen LogP contribution >= 0.6 is 15.9 Å². The van der Waals surface area contributed by atoms with E-state index in [4.69, 9.17) is 6.42 Å². The quantitative estimate of drug-likeness (QED) is 0.725. The van der Waals surface area contributed by atoms with E-state index >= 15 is 0 Å². The molecule has 3 heteroatoms. The molecule has 2 nitrogen and oxygen atoms in total. The van der Waals surface area contributed by atoms with E-state index in [-0.39, 0.29) is 5.92 Å². The topological polar surface area (TPSA) is 28.7 Å². The first-order valence-corrected chi connectivity index (χ1v) is 5.71. The van der Waals surface area contributed by atoms with Gasteiger partial charge in [-0.05, 0) is 46.0 Å². The van der Waals surface area contributed by atoms with Gasteiger partial charge in [-0.25, -0.2) is 0 Å². The highest BCUT2D eigenvalue weighted by atomic mass is 79.9. The van der Waals surface area contributed by atoms with Gasteiger partial charge in [-0.3, -0.25) is 5.10 Å². The number of halogens is 1. The van der Waals surface area contributed by atoms with Gasteiger partial charge in [0.15, 0.2) is 0 Å². The van der Waals surface area contributed by atoms with Gasteiger partial charge in [0, 0.05) is 15.8 Å². The van der Waals surface area contributed by atoms with Crippen molar-refractivity contribution in [1.29, 1.82) is 0 Å². The van der Waals surface area contributed by atoms with E-state index in [1.165, 1.54) is 11.1 Å². The van der Waals surface area contributed by atoms with Crippen molar-refractivity contribution in [3.05, 3.63) is 27.9 Å². The standard InChI is InChI=1S/C12H9BrN2/c1-2-7-3-4-8-5-10-9(6-14-15-10)12(13)11(7)8/h1,5-7H,3-4H2,(H,14,15). The molecule has 1 atom stereocenters.